The average molecular weight is 404 g/mol. The third-order valence-corrected chi connectivity index (χ3v) is 4.40. The molecule has 0 aliphatic heterocycles. The Balaban J connectivity index is 2.18. The van der Waals surface area contributed by atoms with E-state index in [1.54, 1.807) is 0 Å². The van der Waals surface area contributed by atoms with Gasteiger partial charge < -0.3 is 4.90 Å². The van der Waals surface area contributed by atoms with Gasteiger partial charge in [0.2, 0.25) is 0 Å². The van der Waals surface area contributed by atoms with Crippen LogP contribution < -0.4 is 4.90 Å². The molecule has 2 aromatic rings. The second-order valence-electron chi connectivity index (χ2n) is 4.41. The number of rotatable bonds is 4. The van der Waals surface area contributed by atoms with Crippen LogP contribution in [0.1, 0.15) is 11.1 Å². The Bertz CT molecular complexity index is 572. The van der Waals surface area contributed by atoms with E-state index < -0.39 is 0 Å². The van der Waals surface area contributed by atoms with Gasteiger partial charge in [-0.3, -0.25) is 0 Å². The van der Waals surface area contributed by atoms with E-state index in [1.165, 1.54) is 16.8 Å². The quantitative estimate of drug-likeness (QED) is 0.598. The Kier molecular flexibility index (Phi) is 5.31. The first-order valence-electron chi connectivity index (χ1n) is 5.90. The molecule has 0 aromatic heterocycles. The molecule has 1 nitrogen and oxygen atoms in total. The van der Waals surface area contributed by atoms with E-state index in [4.69, 9.17) is 11.6 Å². The molecule has 4 heteroatoms. The maximum Gasteiger partial charge on any atom is 0.0511 e. The topological polar surface area (TPSA) is 3.24 Å². The van der Waals surface area contributed by atoms with Crippen molar-refractivity contribution in [3.8, 4) is 0 Å². The van der Waals surface area contributed by atoms with Crippen LogP contribution in [0.25, 0.3) is 0 Å². The number of halogens is 3. The number of hydrogen-bond acceptors (Lipinski definition) is 1. The fourth-order valence-corrected chi connectivity index (χ4v) is 3.23. The molecule has 0 unspecified atom stereocenters. The van der Waals surface area contributed by atoms with Crippen LogP contribution in [0.5, 0.6) is 0 Å². The van der Waals surface area contributed by atoms with E-state index in [9.17, 15) is 0 Å². The Morgan fingerprint density at radius 2 is 1.89 bits per heavy atom. The molecule has 0 heterocycles. The van der Waals surface area contributed by atoms with Gasteiger partial charge in [0.1, 0.15) is 0 Å². The molecule has 0 saturated carbocycles. The highest BCUT2D eigenvalue weighted by Gasteiger charge is 2.07. The van der Waals surface area contributed by atoms with Gasteiger partial charge in [0.15, 0.2) is 0 Å². The summed E-state index contributed by atoms with van der Waals surface area (Å²) in [5.41, 5.74) is 3.63. The minimum Gasteiger partial charge on any atom is -0.369 e. The predicted molar refractivity (Wildman–Crippen MR) is 90.3 cm³/mol. The van der Waals surface area contributed by atoms with Crippen molar-refractivity contribution in [2.75, 3.05) is 11.9 Å². The Morgan fingerprint density at radius 1 is 1.11 bits per heavy atom. The summed E-state index contributed by atoms with van der Waals surface area (Å²) in [6.07, 6.45) is 0. The van der Waals surface area contributed by atoms with Crippen LogP contribution in [-0.4, -0.2) is 7.05 Å². The molecule has 0 N–H and O–H groups in total. The van der Waals surface area contributed by atoms with Crippen LogP contribution >= 0.6 is 43.5 Å². The second-order valence-corrected chi connectivity index (χ2v) is 6.26. The molecule has 19 heavy (non-hydrogen) atoms. The van der Waals surface area contributed by atoms with Gasteiger partial charge in [-0.25, -0.2) is 0 Å². The average Bonchev–Trinajstić information content (AvgIpc) is 2.38. The molecule has 0 atom stereocenters. The molecule has 0 fully saturated rings. The van der Waals surface area contributed by atoms with Gasteiger partial charge in [0, 0.05) is 28.4 Å². The van der Waals surface area contributed by atoms with Crippen LogP contribution in [-0.2, 0) is 11.9 Å². The zero-order chi connectivity index (χ0) is 13.8. The number of anilines is 1. The highest BCUT2D eigenvalue weighted by molar-refractivity contribution is 9.10. The molecule has 0 amide bonds. The normalized spacial score (nSPS) is 10.5. The SMILES string of the molecule is CN(Cc1cccc(Cl)c1)c1ccc(CBr)cc1Br. The largest absolute Gasteiger partial charge is 0.369 e. The van der Waals surface area contributed by atoms with E-state index in [0.717, 1.165) is 21.4 Å². The lowest BCUT2D eigenvalue weighted by molar-refractivity contribution is 0.919. The number of hydrogen-bond donors (Lipinski definition) is 0. The van der Waals surface area contributed by atoms with Gasteiger partial charge in [-0.1, -0.05) is 45.7 Å². The molecule has 0 aliphatic carbocycles. The zero-order valence-electron chi connectivity index (χ0n) is 10.5. The number of nitrogens with zero attached hydrogens (tertiary/aromatic N) is 1. The van der Waals surface area contributed by atoms with Gasteiger partial charge in [-0.15, -0.1) is 0 Å². The van der Waals surface area contributed by atoms with Crippen molar-refractivity contribution in [2.24, 2.45) is 0 Å². The standard InChI is InChI=1S/C15H14Br2ClN/c1-19(10-12-3-2-4-13(18)7-12)15-6-5-11(9-16)8-14(15)17/h2-8H,9-10H2,1H3. The molecular formula is C15H14Br2ClN. The molecule has 0 aliphatic rings. The summed E-state index contributed by atoms with van der Waals surface area (Å²) in [7, 11) is 2.08. The van der Waals surface area contributed by atoms with Crippen molar-refractivity contribution >= 4 is 49.1 Å². The third kappa shape index (κ3) is 3.98. The maximum absolute atomic E-state index is 6.01. The van der Waals surface area contributed by atoms with E-state index in [0.29, 0.717) is 0 Å². The Morgan fingerprint density at radius 3 is 2.53 bits per heavy atom. The van der Waals surface area contributed by atoms with Crippen molar-refractivity contribution in [3.05, 3.63) is 63.1 Å². The molecule has 2 aromatic carbocycles. The zero-order valence-corrected chi connectivity index (χ0v) is 14.5. The summed E-state index contributed by atoms with van der Waals surface area (Å²) in [5, 5.41) is 1.64. The van der Waals surface area contributed by atoms with Crippen LogP contribution in [0.3, 0.4) is 0 Å². The minimum atomic E-state index is 0.777. The molecule has 0 saturated heterocycles. The molecule has 0 spiro atoms. The Hall–Kier alpha value is -0.510. The summed E-state index contributed by atoms with van der Waals surface area (Å²) < 4.78 is 1.11. The minimum absolute atomic E-state index is 0.777. The van der Waals surface area contributed by atoms with Crippen LogP contribution in [0.15, 0.2) is 46.9 Å². The monoisotopic (exact) mass is 401 g/mol. The fourth-order valence-electron chi connectivity index (χ4n) is 1.94. The fraction of sp³-hybridized carbons (Fsp3) is 0.200. The van der Waals surface area contributed by atoms with Crippen LogP contribution in [0.2, 0.25) is 5.02 Å². The van der Waals surface area contributed by atoms with E-state index in [1.807, 2.05) is 18.2 Å². The van der Waals surface area contributed by atoms with Crippen molar-refractivity contribution in [3.63, 3.8) is 0 Å². The Labute approximate surface area is 135 Å². The number of benzene rings is 2. The summed E-state index contributed by atoms with van der Waals surface area (Å²) >= 11 is 13.1. The summed E-state index contributed by atoms with van der Waals surface area (Å²) in [6.45, 7) is 0.826. The highest BCUT2D eigenvalue weighted by Crippen LogP contribution is 2.28. The van der Waals surface area contributed by atoms with Gasteiger partial charge in [0.05, 0.1) is 5.69 Å². The molecular weight excluding hydrogens is 389 g/mol. The summed E-state index contributed by atoms with van der Waals surface area (Å²) in [5.74, 6) is 0. The first-order chi connectivity index (χ1) is 9.10. The lowest BCUT2D eigenvalue weighted by Crippen LogP contribution is -2.16. The third-order valence-electron chi connectivity index (χ3n) is 2.89. The second kappa shape index (κ2) is 6.78. The van der Waals surface area contributed by atoms with Crippen molar-refractivity contribution in [1.29, 1.82) is 0 Å². The van der Waals surface area contributed by atoms with Crippen molar-refractivity contribution in [2.45, 2.75) is 11.9 Å². The summed E-state index contributed by atoms with van der Waals surface area (Å²) in [6, 6.07) is 14.4. The van der Waals surface area contributed by atoms with E-state index >= 15 is 0 Å². The lowest BCUT2D eigenvalue weighted by Gasteiger charge is -2.21. The lowest BCUT2D eigenvalue weighted by atomic mass is 10.2. The molecule has 100 valence electrons. The van der Waals surface area contributed by atoms with Gasteiger partial charge in [0.25, 0.3) is 0 Å². The molecule has 2 rings (SSSR count). The van der Waals surface area contributed by atoms with E-state index in [-0.39, 0.29) is 0 Å². The van der Waals surface area contributed by atoms with Crippen LogP contribution in [0, 0.1) is 0 Å². The van der Waals surface area contributed by atoms with Gasteiger partial charge in [-0.2, -0.15) is 0 Å². The van der Waals surface area contributed by atoms with Crippen molar-refractivity contribution < 1.29 is 0 Å². The van der Waals surface area contributed by atoms with Gasteiger partial charge in [-0.05, 0) is 51.3 Å². The summed E-state index contributed by atoms with van der Waals surface area (Å²) in [4.78, 5) is 2.20. The van der Waals surface area contributed by atoms with Crippen LogP contribution in [0.4, 0.5) is 5.69 Å². The number of alkyl halides is 1. The maximum atomic E-state index is 6.01. The first-order valence-corrected chi connectivity index (χ1v) is 8.19. The van der Waals surface area contributed by atoms with Gasteiger partial charge >= 0.3 is 0 Å². The van der Waals surface area contributed by atoms with Crippen molar-refractivity contribution in [1.82, 2.24) is 0 Å². The highest BCUT2D eigenvalue weighted by atomic mass is 79.9. The predicted octanol–water partition coefficient (Wildman–Crippen LogP) is 5.63. The first kappa shape index (κ1) is 14.9. The van der Waals surface area contributed by atoms with E-state index in [2.05, 4.69) is 68.1 Å². The molecule has 0 bridgehead atoms. The molecule has 0 radical (unpaired) electrons. The smallest absolute Gasteiger partial charge is 0.0511 e.